The SMILES string of the molecule is CCN1CCN(c2ncc(C(=O)Nc3cccc(Cl)c3Cl)cn2)CC1. The normalized spacial score (nSPS) is 15.2. The zero-order chi connectivity index (χ0) is 17.8. The Kier molecular flexibility index (Phi) is 5.73. The Bertz CT molecular complexity index is 745. The van der Waals surface area contributed by atoms with E-state index in [-0.39, 0.29) is 5.91 Å². The average Bonchev–Trinajstić information content (AvgIpc) is 2.65. The number of nitrogens with one attached hydrogen (secondary N) is 1. The first-order chi connectivity index (χ1) is 12.1. The van der Waals surface area contributed by atoms with Crippen LogP contribution in [0.15, 0.2) is 30.6 Å². The van der Waals surface area contributed by atoms with Gasteiger partial charge < -0.3 is 15.1 Å². The average molecular weight is 380 g/mol. The summed E-state index contributed by atoms with van der Waals surface area (Å²) in [4.78, 5) is 25.5. The number of halogens is 2. The van der Waals surface area contributed by atoms with Crippen molar-refractivity contribution in [1.29, 1.82) is 0 Å². The van der Waals surface area contributed by atoms with E-state index in [1.807, 2.05) is 0 Å². The van der Waals surface area contributed by atoms with Gasteiger partial charge in [0.2, 0.25) is 5.95 Å². The molecule has 0 atom stereocenters. The van der Waals surface area contributed by atoms with Crippen LogP contribution in [-0.4, -0.2) is 53.5 Å². The molecule has 3 rings (SSSR count). The number of hydrogen-bond donors (Lipinski definition) is 1. The van der Waals surface area contributed by atoms with Crippen LogP contribution in [0.2, 0.25) is 10.0 Å². The lowest BCUT2D eigenvalue weighted by molar-refractivity contribution is 0.102. The summed E-state index contributed by atoms with van der Waals surface area (Å²) in [6.45, 7) is 6.98. The van der Waals surface area contributed by atoms with Crippen molar-refractivity contribution in [2.24, 2.45) is 0 Å². The molecular weight excluding hydrogens is 361 g/mol. The van der Waals surface area contributed by atoms with Crippen LogP contribution in [0.4, 0.5) is 11.6 Å². The Morgan fingerprint density at radius 1 is 1.16 bits per heavy atom. The van der Waals surface area contributed by atoms with E-state index < -0.39 is 0 Å². The Balaban J connectivity index is 1.66. The predicted octanol–water partition coefficient (Wildman–Crippen LogP) is 3.18. The summed E-state index contributed by atoms with van der Waals surface area (Å²) in [5.41, 5.74) is 0.825. The van der Waals surface area contributed by atoms with E-state index in [0.717, 1.165) is 32.7 Å². The molecule has 1 aromatic heterocycles. The van der Waals surface area contributed by atoms with Crippen LogP contribution in [0.25, 0.3) is 0 Å². The number of aromatic nitrogens is 2. The van der Waals surface area contributed by atoms with Crippen molar-refractivity contribution in [3.63, 3.8) is 0 Å². The second kappa shape index (κ2) is 7.99. The van der Waals surface area contributed by atoms with Crippen LogP contribution in [-0.2, 0) is 0 Å². The van der Waals surface area contributed by atoms with Gasteiger partial charge in [0.05, 0.1) is 21.3 Å². The summed E-state index contributed by atoms with van der Waals surface area (Å²) in [5, 5.41) is 3.42. The van der Waals surface area contributed by atoms with Gasteiger partial charge in [-0.05, 0) is 18.7 Å². The molecule has 0 spiro atoms. The lowest BCUT2D eigenvalue weighted by atomic mass is 10.2. The van der Waals surface area contributed by atoms with Crippen molar-refractivity contribution >= 4 is 40.7 Å². The molecule has 1 aliphatic heterocycles. The van der Waals surface area contributed by atoms with Gasteiger partial charge in [0.25, 0.3) is 5.91 Å². The number of likely N-dealkylation sites (N-methyl/N-ethyl adjacent to an activating group) is 1. The van der Waals surface area contributed by atoms with Gasteiger partial charge in [-0.15, -0.1) is 0 Å². The minimum absolute atomic E-state index is 0.309. The molecule has 1 fully saturated rings. The van der Waals surface area contributed by atoms with E-state index in [1.165, 1.54) is 12.4 Å². The summed E-state index contributed by atoms with van der Waals surface area (Å²) in [6.07, 6.45) is 3.06. The quantitative estimate of drug-likeness (QED) is 0.883. The number of carbonyl (C=O) groups is 1. The molecule has 0 saturated carbocycles. The molecule has 1 amide bonds. The van der Waals surface area contributed by atoms with Crippen molar-refractivity contribution in [2.45, 2.75) is 6.92 Å². The molecule has 1 N–H and O–H groups in total. The van der Waals surface area contributed by atoms with E-state index in [4.69, 9.17) is 23.2 Å². The third-order valence-electron chi connectivity index (χ3n) is 4.20. The smallest absolute Gasteiger partial charge is 0.258 e. The fourth-order valence-corrected chi connectivity index (χ4v) is 3.01. The van der Waals surface area contributed by atoms with E-state index in [0.29, 0.717) is 27.2 Å². The first kappa shape index (κ1) is 17.9. The fraction of sp³-hybridized carbons (Fsp3) is 0.353. The second-order valence-corrected chi connectivity index (χ2v) is 6.53. The standard InChI is InChI=1S/C17H19Cl2N5O/c1-2-23-6-8-24(9-7-23)17-20-10-12(11-21-17)16(25)22-14-5-3-4-13(18)15(14)19/h3-5,10-11H,2,6-9H2,1H3,(H,22,25). The molecule has 1 aromatic carbocycles. The Morgan fingerprint density at radius 3 is 2.48 bits per heavy atom. The zero-order valence-corrected chi connectivity index (χ0v) is 15.4. The number of anilines is 2. The van der Waals surface area contributed by atoms with Crippen LogP contribution in [0.1, 0.15) is 17.3 Å². The number of benzene rings is 1. The topological polar surface area (TPSA) is 61.4 Å². The minimum atomic E-state index is -0.327. The van der Waals surface area contributed by atoms with Crippen molar-refractivity contribution < 1.29 is 4.79 Å². The van der Waals surface area contributed by atoms with Crippen LogP contribution >= 0.6 is 23.2 Å². The highest BCUT2D eigenvalue weighted by Crippen LogP contribution is 2.29. The van der Waals surface area contributed by atoms with Crippen molar-refractivity contribution in [1.82, 2.24) is 14.9 Å². The van der Waals surface area contributed by atoms with Gasteiger partial charge in [-0.25, -0.2) is 9.97 Å². The minimum Gasteiger partial charge on any atom is -0.338 e. The van der Waals surface area contributed by atoms with Gasteiger partial charge in [0.1, 0.15) is 0 Å². The lowest BCUT2D eigenvalue weighted by Crippen LogP contribution is -2.46. The molecule has 8 heteroatoms. The van der Waals surface area contributed by atoms with Crippen molar-refractivity contribution in [3.05, 3.63) is 46.2 Å². The van der Waals surface area contributed by atoms with E-state index in [2.05, 4.69) is 32.0 Å². The van der Waals surface area contributed by atoms with Gasteiger partial charge in [0.15, 0.2) is 0 Å². The van der Waals surface area contributed by atoms with Crippen LogP contribution in [0, 0.1) is 0 Å². The van der Waals surface area contributed by atoms with Gasteiger partial charge in [0, 0.05) is 38.6 Å². The van der Waals surface area contributed by atoms with Gasteiger partial charge in [-0.1, -0.05) is 36.2 Å². The summed E-state index contributed by atoms with van der Waals surface area (Å²) < 4.78 is 0. The third-order valence-corrected chi connectivity index (χ3v) is 5.02. The maximum Gasteiger partial charge on any atom is 0.258 e. The van der Waals surface area contributed by atoms with Crippen LogP contribution in [0.5, 0.6) is 0 Å². The van der Waals surface area contributed by atoms with Crippen molar-refractivity contribution in [2.75, 3.05) is 42.9 Å². The molecular formula is C17H19Cl2N5O. The molecule has 2 heterocycles. The number of piperazine rings is 1. The largest absolute Gasteiger partial charge is 0.338 e. The molecule has 0 bridgehead atoms. The number of hydrogen-bond acceptors (Lipinski definition) is 5. The summed E-state index contributed by atoms with van der Waals surface area (Å²) >= 11 is 12.0. The number of amides is 1. The van der Waals surface area contributed by atoms with Crippen molar-refractivity contribution in [3.8, 4) is 0 Å². The summed E-state index contributed by atoms with van der Waals surface area (Å²) in [6, 6.07) is 5.07. The molecule has 0 radical (unpaired) electrons. The molecule has 132 valence electrons. The first-order valence-electron chi connectivity index (χ1n) is 8.13. The fourth-order valence-electron chi connectivity index (χ4n) is 2.66. The molecule has 6 nitrogen and oxygen atoms in total. The molecule has 1 saturated heterocycles. The van der Waals surface area contributed by atoms with Gasteiger partial charge in [-0.3, -0.25) is 4.79 Å². The maximum atomic E-state index is 12.3. The number of rotatable bonds is 4. The van der Waals surface area contributed by atoms with Crippen LogP contribution < -0.4 is 10.2 Å². The van der Waals surface area contributed by atoms with Gasteiger partial charge in [-0.2, -0.15) is 0 Å². The van der Waals surface area contributed by atoms with E-state index >= 15 is 0 Å². The molecule has 1 aliphatic rings. The highest BCUT2D eigenvalue weighted by atomic mass is 35.5. The summed E-state index contributed by atoms with van der Waals surface area (Å²) in [5.74, 6) is 0.319. The summed E-state index contributed by atoms with van der Waals surface area (Å²) in [7, 11) is 0. The van der Waals surface area contributed by atoms with Crippen LogP contribution in [0.3, 0.4) is 0 Å². The molecule has 0 aliphatic carbocycles. The van der Waals surface area contributed by atoms with E-state index in [1.54, 1.807) is 18.2 Å². The monoisotopic (exact) mass is 379 g/mol. The molecule has 0 unspecified atom stereocenters. The molecule has 2 aromatic rings. The second-order valence-electron chi connectivity index (χ2n) is 5.75. The molecule has 25 heavy (non-hydrogen) atoms. The highest BCUT2D eigenvalue weighted by molar-refractivity contribution is 6.44. The zero-order valence-electron chi connectivity index (χ0n) is 13.9. The Hall–Kier alpha value is -1.89. The number of carbonyl (C=O) groups excluding carboxylic acids is 1. The lowest BCUT2D eigenvalue weighted by Gasteiger charge is -2.33. The predicted molar refractivity (Wildman–Crippen MR) is 101 cm³/mol. The van der Waals surface area contributed by atoms with Gasteiger partial charge >= 0.3 is 0 Å². The Labute approximate surface area is 156 Å². The third kappa shape index (κ3) is 4.21. The maximum absolute atomic E-state index is 12.3. The first-order valence-corrected chi connectivity index (χ1v) is 8.88. The Morgan fingerprint density at radius 2 is 1.84 bits per heavy atom. The number of nitrogens with zero attached hydrogens (tertiary/aromatic N) is 4. The highest BCUT2D eigenvalue weighted by Gasteiger charge is 2.18. The van der Waals surface area contributed by atoms with E-state index in [9.17, 15) is 4.79 Å².